The molecule has 3 N–H and O–H groups in total. The molecule has 0 aromatic carbocycles. The zero-order chi connectivity index (χ0) is 12.0. The normalized spacial score (nSPS) is 21.8. The van der Waals surface area contributed by atoms with Gasteiger partial charge in [-0.05, 0) is 18.8 Å². The van der Waals surface area contributed by atoms with Gasteiger partial charge in [-0.1, -0.05) is 12.5 Å². The molecular weight excluding hydrogens is 210 g/mol. The maximum Gasteiger partial charge on any atom is 0.328 e. The predicted molar refractivity (Wildman–Crippen MR) is 57.6 cm³/mol. The van der Waals surface area contributed by atoms with Gasteiger partial charge in [-0.15, -0.1) is 0 Å². The molecule has 1 atom stereocenters. The van der Waals surface area contributed by atoms with E-state index >= 15 is 0 Å². The van der Waals surface area contributed by atoms with Crippen molar-refractivity contribution in [1.82, 2.24) is 10.5 Å². The molecule has 1 amide bonds. The lowest BCUT2D eigenvalue weighted by atomic mass is 10.0. The number of carbonyl (C=O) groups excluding carboxylic acids is 2. The van der Waals surface area contributed by atoms with E-state index in [1.165, 1.54) is 0 Å². The second-order valence-electron chi connectivity index (χ2n) is 4.16. The fourth-order valence-corrected chi connectivity index (χ4v) is 1.75. The van der Waals surface area contributed by atoms with Crippen LogP contribution in [-0.2, 0) is 14.4 Å². The number of amides is 1. The van der Waals surface area contributed by atoms with Crippen molar-refractivity contribution in [2.45, 2.75) is 32.6 Å². The highest BCUT2D eigenvalue weighted by Gasteiger charge is 2.20. The standard InChI is InChI=1S/C10H19N3O3/c1-8-2-3-9(14)13(6-4-8)7-5-10(15)16-12-11/h8,12H,2-7,11H2,1H3. The van der Waals surface area contributed by atoms with Crippen LogP contribution in [0.2, 0.25) is 0 Å². The number of hydrazine groups is 1. The highest BCUT2D eigenvalue weighted by Crippen LogP contribution is 2.17. The number of carbonyl (C=O) groups is 2. The quantitative estimate of drug-likeness (QED) is 0.521. The molecule has 1 fully saturated rings. The summed E-state index contributed by atoms with van der Waals surface area (Å²) in [6, 6.07) is 0. The van der Waals surface area contributed by atoms with E-state index in [0.717, 1.165) is 19.4 Å². The molecule has 1 rings (SSSR count). The number of nitrogens with two attached hydrogens (primary N) is 1. The molecule has 1 heterocycles. The maximum absolute atomic E-state index is 11.7. The molecule has 1 aliphatic heterocycles. The molecule has 0 aliphatic carbocycles. The summed E-state index contributed by atoms with van der Waals surface area (Å²) in [6.07, 6.45) is 2.68. The van der Waals surface area contributed by atoms with Crippen LogP contribution in [0.5, 0.6) is 0 Å². The van der Waals surface area contributed by atoms with Crippen molar-refractivity contribution in [2.24, 2.45) is 11.8 Å². The molecule has 0 spiro atoms. The van der Waals surface area contributed by atoms with E-state index in [1.54, 1.807) is 4.90 Å². The molecule has 1 aliphatic rings. The average molecular weight is 229 g/mol. The van der Waals surface area contributed by atoms with Gasteiger partial charge in [-0.2, -0.15) is 0 Å². The van der Waals surface area contributed by atoms with E-state index in [2.05, 4.69) is 11.8 Å². The van der Waals surface area contributed by atoms with Gasteiger partial charge >= 0.3 is 5.97 Å². The summed E-state index contributed by atoms with van der Waals surface area (Å²) in [7, 11) is 0. The van der Waals surface area contributed by atoms with Crippen molar-refractivity contribution >= 4 is 11.9 Å². The first-order valence-electron chi connectivity index (χ1n) is 5.56. The third kappa shape index (κ3) is 4.16. The maximum atomic E-state index is 11.7. The summed E-state index contributed by atoms with van der Waals surface area (Å²) >= 11 is 0. The van der Waals surface area contributed by atoms with Gasteiger partial charge in [0, 0.05) is 19.5 Å². The van der Waals surface area contributed by atoms with Crippen molar-refractivity contribution < 1.29 is 14.4 Å². The summed E-state index contributed by atoms with van der Waals surface area (Å²) in [4.78, 5) is 28.8. The number of hydrogen-bond acceptors (Lipinski definition) is 5. The monoisotopic (exact) mass is 229 g/mol. The van der Waals surface area contributed by atoms with Crippen molar-refractivity contribution in [2.75, 3.05) is 13.1 Å². The molecule has 16 heavy (non-hydrogen) atoms. The second-order valence-corrected chi connectivity index (χ2v) is 4.16. The van der Waals surface area contributed by atoms with Crippen LogP contribution in [0, 0.1) is 5.92 Å². The summed E-state index contributed by atoms with van der Waals surface area (Å²) in [5, 5.41) is 0. The zero-order valence-corrected chi connectivity index (χ0v) is 9.57. The first kappa shape index (κ1) is 12.9. The molecule has 1 unspecified atom stereocenters. The van der Waals surface area contributed by atoms with Crippen molar-refractivity contribution in [3.63, 3.8) is 0 Å². The Balaban J connectivity index is 2.34. The summed E-state index contributed by atoms with van der Waals surface area (Å²) < 4.78 is 0. The largest absolute Gasteiger partial charge is 0.356 e. The van der Waals surface area contributed by atoms with Crippen molar-refractivity contribution in [1.29, 1.82) is 0 Å². The summed E-state index contributed by atoms with van der Waals surface area (Å²) in [5.74, 6) is 5.08. The van der Waals surface area contributed by atoms with Gasteiger partial charge in [-0.3, -0.25) is 9.59 Å². The molecule has 1 saturated heterocycles. The fourth-order valence-electron chi connectivity index (χ4n) is 1.75. The molecule has 0 bridgehead atoms. The van der Waals surface area contributed by atoms with E-state index in [9.17, 15) is 9.59 Å². The van der Waals surface area contributed by atoms with E-state index in [-0.39, 0.29) is 12.3 Å². The van der Waals surface area contributed by atoms with Gasteiger partial charge in [-0.25, -0.2) is 5.84 Å². The zero-order valence-electron chi connectivity index (χ0n) is 9.57. The molecular formula is C10H19N3O3. The first-order chi connectivity index (χ1) is 7.63. The fraction of sp³-hybridized carbons (Fsp3) is 0.800. The van der Waals surface area contributed by atoms with Gasteiger partial charge in [0.1, 0.15) is 0 Å². The Morgan fingerprint density at radius 1 is 1.62 bits per heavy atom. The highest BCUT2D eigenvalue weighted by atomic mass is 16.7. The Morgan fingerprint density at radius 2 is 2.38 bits per heavy atom. The lowest BCUT2D eigenvalue weighted by Crippen LogP contribution is -2.34. The molecule has 0 aromatic rings. The number of nitrogens with one attached hydrogen (secondary N) is 1. The lowest BCUT2D eigenvalue weighted by Gasteiger charge is -2.19. The van der Waals surface area contributed by atoms with E-state index < -0.39 is 5.97 Å². The van der Waals surface area contributed by atoms with Crippen LogP contribution in [0.1, 0.15) is 32.6 Å². The summed E-state index contributed by atoms with van der Waals surface area (Å²) in [6.45, 7) is 3.28. The minimum Gasteiger partial charge on any atom is -0.356 e. The van der Waals surface area contributed by atoms with Gasteiger partial charge in [0.05, 0.1) is 6.42 Å². The molecule has 92 valence electrons. The van der Waals surface area contributed by atoms with Gasteiger partial charge in [0.2, 0.25) is 5.91 Å². The van der Waals surface area contributed by atoms with E-state index in [0.29, 0.717) is 18.9 Å². The molecule has 0 radical (unpaired) electrons. The number of likely N-dealkylation sites (tertiary alicyclic amines) is 1. The van der Waals surface area contributed by atoms with Crippen LogP contribution in [0.3, 0.4) is 0 Å². The van der Waals surface area contributed by atoms with Crippen LogP contribution >= 0.6 is 0 Å². The first-order valence-corrected chi connectivity index (χ1v) is 5.56. The Hall–Kier alpha value is -1.14. The Labute approximate surface area is 95.0 Å². The molecule has 6 heteroatoms. The van der Waals surface area contributed by atoms with Crippen LogP contribution in [0.25, 0.3) is 0 Å². The molecule has 0 saturated carbocycles. The highest BCUT2D eigenvalue weighted by molar-refractivity contribution is 5.77. The average Bonchev–Trinajstić information content (AvgIpc) is 2.40. The third-order valence-corrected chi connectivity index (χ3v) is 2.85. The van der Waals surface area contributed by atoms with Gasteiger partial charge < -0.3 is 9.74 Å². The van der Waals surface area contributed by atoms with E-state index in [1.807, 2.05) is 5.59 Å². The lowest BCUT2D eigenvalue weighted by molar-refractivity contribution is -0.151. The smallest absolute Gasteiger partial charge is 0.328 e. The predicted octanol–water partition coefficient (Wildman–Crippen LogP) is -0.0534. The van der Waals surface area contributed by atoms with Crippen molar-refractivity contribution in [3.8, 4) is 0 Å². The summed E-state index contributed by atoms with van der Waals surface area (Å²) in [5.41, 5.74) is 1.83. The van der Waals surface area contributed by atoms with Gasteiger partial charge in [0.25, 0.3) is 0 Å². The Kier molecular flexibility index (Phi) is 5.21. The number of rotatable bonds is 4. The minimum absolute atomic E-state index is 0.123. The third-order valence-electron chi connectivity index (χ3n) is 2.85. The van der Waals surface area contributed by atoms with Crippen LogP contribution in [0.15, 0.2) is 0 Å². The Morgan fingerprint density at radius 3 is 3.06 bits per heavy atom. The van der Waals surface area contributed by atoms with Gasteiger partial charge in [0.15, 0.2) is 0 Å². The number of nitrogens with zero attached hydrogens (tertiary/aromatic N) is 1. The minimum atomic E-state index is -0.451. The van der Waals surface area contributed by atoms with Crippen LogP contribution < -0.4 is 11.4 Å². The SMILES string of the molecule is CC1CCC(=O)N(CCC(=O)ONN)CC1. The molecule has 6 nitrogen and oxygen atoms in total. The second kappa shape index (κ2) is 6.44. The van der Waals surface area contributed by atoms with Crippen molar-refractivity contribution in [3.05, 3.63) is 0 Å². The van der Waals surface area contributed by atoms with Crippen LogP contribution in [0.4, 0.5) is 0 Å². The topological polar surface area (TPSA) is 84.7 Å². The molecule has 0 aromatic heterocycles. The number of hydrogen-bond donors (Lipinski definition) is 2. The van der Waals surface area contributed by atoms with E-state index in [4.69, 9.17) is 5.84 Å². The van der Waals surface area contributed by atoms with Crippen LogP contribution in [-0.4, -0.2) is 29.9 Å². The Bertz CT molecular complexity index is 258.